The van der Waals surface area contributed by atoms with Gasteiger partial charge in [-0.25, -0.2) is 4.98 Å². The first-order valence-electron chi connectivity index (χ1n) is 10.8. The van der Waals surface area contributed by atoms with Gasteiger partial charge in [0.1, 0.15) is 11.6 Å². The number of pyridine rings is 1. The summed E-state index contributed by atoms with van der Waals surface area (Å²) in [6.45, 7) is 11.7. The molecule has 1 aliphatic rings. The summed E-state index contributed by atoms with van der Waals surface area (Å²) in [5.74, 6) is 1.44. The molecule has 5 heteroatoms. The number of aromatic nitrogens is 3. The van der Waals surface area contributed by atoms with Gasteiger partial charge >= 0.3 is 0 Å². The number of nitrogens with zero attached hydrogens (tertiary/aromatic N) is 4. The van der Waals surface area contributed by atoms with Crippen molar-refractivity contribution in [3.05, 3.63) is 48.2 Å². The van der Waals surface area contributed by atoms with Gasteiger partial charge in [-0.1, -0.05) is 32.9 Å². The summed E-state index contributed by atoms with van der Waals surface area (Å²) in [6, 6.07) is 8.44. The number of likely N-dealkylation sites (tertiary alicyclic amines) is 1. The van der Waals surface area contributed by atoms with Crippen molar-refractivity contribution in [3.63, 3.8) is 0 Å². The van der Waals surface area contributed by atoms with Crippen LogP contribution in [0.15, 0.2) is 36.7 Å². The van der Waals surface area contributed by atoms with Crippen molar-refractivity contribution in [2.24, 2.45) is 18.4 Å². The van der Waals surface area contributed by atoms with E-state index in [2.05, 4.69) is 64.5 Å². The van der Waals surface area contributed by atoms with Crippen LogP contribution in [0.1, 0.15) is 38.7 Å². The normalized spacial score (nSPS) is 17.7. The zero-order chi connectivity index (χ0) is 21.5. The number of imidazole rings is 1. The molecule has 0 N–H and O–H groups in total. The molecule has 0 spiro atoms. The molecule has 1 atom stereocenters. The quantitative estimate of drug-likeness (QED) is 0.631. The second-order valence-electron chi connectivity index (χ2n) is 9.91. The average molecular weight is 405 g/mol. The van der Waals surface area contributed by atoms with E-state index >= 15 is 0 Å². The second kappa shape index (κ2) is 7.95. The smallest absolute Gasteiger partial charge is 0.143 e. The van der Waals surface area contributed by atoms with Crippen molar-refractivity contribution in [1.29, 1.82) is 0 Å². The summed E-state index contributed by atoms with van der Waals surface area (Å²) >= 11 is 0. The lowest BCUT2D eigenvalue weighted by atomic mass is 9.96. The molecule has 3 heterocycles. The highest BCUT2D eigenvalue weighted by atomic mass is 16.1. The molecule has 2 aromatic heterocycles. The summed E-state index contributed by atoms with van der Waals surface area (Å²) in [5.41, 5.74) is 3.35. The molecule has 1 aromatic carbocycles. The highest BCUT2D eigenvalue weighted by Crippen LogP contribution is 2.26. The van der Waals surface area contributed by atoms with E-state index in [1.165, 1.54) is 0 Å². The van der Waals surface area contributed by atoms with E-state index in [0.717, 1.165) is 59.6 Å². The Morgan fingerprint density at radius 1 is 1.13 bits per heavy atom. The highest BCUT2D eigenvalue weighted by Gasteiger charge is 2.30. The van der Waals surface area contributed by atoms with Crippen molar-refractivity contribution >= 4 is 16.6 Å². The summed E-state index contributed by atoms with van der Waals surface area (Å²) in [6.07, 6.45) is 5.17. The number of rotatable bonds is 5. The van der Waals surface area contributed by atoms with Gasteiger partial charge in [0.2, 0.25) is 0 Å². The van der Waals surface area contributed by atoms with E-state index in [1.807, 2.05) is 26.4 Å². The maximum absolute atomic E-state index is 12.9. The lowest BCUT2D eigenvalue weighted by Gasteiger charge is -2.26. The number of Topliss-reactive ketones (excluding diaryl/α,β-unsaturated/α-hetero) is 1. The number of hydrogen-bond donors (Lipinski definition) is 0. The molecular formula is C25H32N4O. The zero-order valence-corrected chi connectivity index (χ0v) is 18.8. The van der Waals surface area contributed by atoms with Gasteiger partial charge in [0.15, 0.2) is 0 Å². The van der Waals surface area contributed by atoms with E-state index in [4.69, 9.17) is 0 Å². The molecule has 158 valence electrons. The number of aryl methyl sites for hydroxylation is 1. The van der Waals surface area contributed by atoms with Crippen LogP contribution in [0.3, 0.4) is 0 Å². The molecule has 1 saturated heterocycles. The topological polar surface area (TPSA) is 51.0 Å². The third kappa shape index (κ3) is 4.46. The van der Waals surface area contributed by atoms with Crippen LogP contribution >= 0.6 is 0 Å². The summed E-state index contributed by atoms with van der Waals surface area (Å²) in [5, 5.41) is 2.20. The van der Waals surface area contributed by atoms with E-state index in [1.54, 1.807) is 0 Å². The molecular weight excluding hydrogens is 372 g/mol. The van der Waals surface area contributed by atoms with E-state index < -0.39 is 0 Å². The van der Waals surface area contributed by atoms with Crippen molar-refractivity contribution in [2.75, 3.05) is 19.6 Å². The van der Waals surface area contributed by atoms with Gasteiger partial charge in [-0.05, 0) is 42.8 Å². The largest absolute Gasteiger partial charge is 0.331 e. The van der Waals surface area contributed by atoms with Gasteiger partial charge in [0.05, 0.1) is 11.9 Å². The van der Waals surface area contributed by atoms with Crippen molar-refractivity contribution < 1.29 is 4.79 Å². The van der Waals surface area contributed by atoms with E-state index in [0.29, 0.717) is 12.2 Å². The van der Waals surface area contributed by atoms with Gasteiger partial charge in [0, 0.05) is 55.3 Å². The summed E-state index contributed by atoms with van der Waals surface area (Å²) < 4.78 is 2.09. The number of fused-ring (bicyclic) bond motifs is 1. The zero-order valence-electron chi connectivity index (χ0n) is 18.8. The molecule has 0 saturated carbocycles. The van der Waals surface area contributed by atoms with Gasteiger partial charge in [-0.3, -0.25) is 9.78 Å². The third-order valence-electron chi connectivity index (χ3n) is 6.08. The first-order chi connectivity index (χ1) is 14.2. The molecule has 4 rings (SSSR count). The first kappa shape index (κ1) is 20.7. The summed E-state index contributed by atoms with van der Waals surface area (Å²) in [7, 11) is 2.03. The highest BCUT2D eigenvalue weighted by molar-refractivity contribution is 5.88. The Labute approximate surface area is 179 Å². The fourth-order valence-corrected chi connectivity index (χ4v) is 4.45. The Kier molecular flexibility index (Phi) is 5.49. The fourth-order valence-electron chi connectivity index (χ4n) is 4.45. The summed E-state index contributed by atoms with van der Waals surface area (Å²) in [4.78, 5) is 24.3. The molecule has 1 aliphatic heterocycles. The Morgan fingerprint density at radius 2 is 1.93 bits per heavy atom. The molecule has 3 aromatic rings. The van der Waals surface area contributed by atoms with Crippen LogP contribution in [0, 0.1) is 18.3 Å². The van der Waals surface area contributed by atoms with Crippen LogP contribution in [0.2, 0.25) is 0 Å². The molecule has 0 radical (unpaired) electrons. The molecule has 1 unspecified atom stereocenters. The van der Waals surface area contributed by atoms with E-state index in [-0.39, 0.29) is 11.3 Å². The standard InChI is InChI=1S/C25H32N4O/c1-17-26-14-23(28(17)5)18-6-7-19-13-27-22(11-21(19)10-18)12-24(30)20-8-9-29(15-20)16-25(2,3)4/h6-7,10-11,13-14,20H,8-9,12,15-16H2,1-5H3. The third-order valence-corrected chi connectivity index (χ3v) is 6.08. The number of ketones is 1. The second-order valence-corrected chi connectivity index (χ2v) is 9.91. The Bertz CT molecular complexity index is 1080. The van der Waals surface area contributed by atoms with Crippen LogP contribution in [0.25, 0.3) is 22.0 Å². The number of hydrogen-bond acceptors (Lipinski definition) is 4. The molecule has 30 heavy (non-hydrogen) atoms. The molecule has 0 amide bonds. The van der Waals surface area contributed by atoms with Gasteiger partial charge < -0.3 is 9.47 Å². The minimum absolute atomic E-state index is 0.133. The van der Waals surface area contributed by atoms with Crippen LogP contribution in [0.5, 0.6) is 0 Å². The lowest BCUT2D eigenvalue weighted by Crippen LogP contribution is -2.32. The first-order valence-corrected chi connectivity index (χ1v) is 10.8. The maximum Gasteiger partial charge on any atom is 0.143 e. The molecule has 5 nitrogen and oxygen atoms in total. The van der Waals surface area contributed by atoms with Gasteiger partial charge in [-0.2, -0.15) is 0 Å². The van der Waals surface area contributed by atoms with Crippen LogP contribution in [-0.2, 0) is 18.3 Å². The Hall–Kier alpha value is -2.53. The molecule has 0 bridgehead atoms. The van der Waals surface area contributed by atoms with Crippen molar-refractivity contribution in [3.8, 4) is 11.3 Å². The predicted octanol–water partition coefficient (Wildman–Crippen LogP) is 4.42. The maximum atomic E-state index is 12.9. The predicted molar refractivity (Wildman–Crippen MR) is 121 cm³/mol. The van der Waals surface area contributed by atoms with Gasteiger partial charge in [0.25, 0.3) is 0 Å². The SMILES string of the molecule is Cc1ncc(-c2ccc3cnc(CC(=O)C4CCN(CC(C)(C)C)C4)cc3c2)n1C. The van der Waals surface area contributed by atoms with Crippen LogP contribution in [0.4, 0.5) is 0 Å². The Balaban J connectivity index is 1.49. The number of carbonyl (C=O) groups excluding carboxylic acids is 1. The van der Waals surface area contributed by atoms with Crippen molar-refractivity contribution in [2.45, 2.75) is 40.5 Å². The van der Waals surface area contributed by atoms with E-state index in [9.17, 15) is 4.79 Å². The number of carbonyl (C=O) groups is 1. The monoisotopic (exact) mass is 404 g/mol. The molecule has 0 aliphatic carbocycles. The number of benzene rings is 1. The average Bonchev–Trinajstić information content (AvgIpc) is 3.27. The van der Waals surface area contributed by atoms with Crippen LogP contribution < -0.4 is 0 Å². The lowest BCUT2D eigenvalue weighted by molar-refractivity contribution is -0.121. The molecule has 1 fully saturated rings. The van der Waals surface area contributed by atoms with Crippen LogP contribution in [-0.4, -0.2) is 44.9 Å². The minimum atomic E-state index is 0.133. The Morgan fingerprint density at radius 3 is 2.63 bits per heavy atom. The van der Waals surface area contributed by atoms with Gasteiger partial charge in [-0.15, -0.1) is 0 Å². The fraction of sp³-hybridized carbons (Fsp3) is 0.480. The minimum Gasteiger partial charge on any atom is -0.331 e. The van der Waals surface area contributed by atoms with Crippen molar-refractivity contribution in [1.82, 2.24) is 19.4 Å².